The summed E-state index contributed by atoms with van der Waals surface area (Å²) < 4.78 is 0. The Hall–Kier alpha value is -2.13. The molecule has 0 spiro atoms. The van der Waals surface area contributed by atoms with Gasteiger partial charge in [-0.05, 0) is 50.9 Å². The zero-order chi connectivity index (χ0) is 16.7. The number of anilines is 1. The van der Waals surface area contributed by atoms with E-state index in [-0.39, 0.29) is 11.9 Å². The molecule has 0 aromatic heterocycles. The maximum Gasteiger partial charge on any atom is 0.225 e. The van der Waals surface area contributed by atoms with E-state index in [0.29, 0.717) is 6.42 Å². The number of aryl methyl sites for hydroxylation is 2. The van der Waals surface area contributed by atoms with E-state index in [0.717, 1.165) is 24.2 Å². The van der Waals surface area contributed by atoms with Crippen LogP contribution in [-0.2, 0) is 11.2 Å². The number of amides is 1. The van der Waals surface area contributed by atoms with Crippen molar-refractivity contribution >= 4 is 11.6 Å². The quantitative estimate of drug-likeness (QED) is 0.815. The number of carbonyl (C=O) groups is 1. The highest BCUT2D eigenvalue weighted by molar-refractivity contribution is 5.91. The molecule has 0 aliphatic rings. The maximum atomic E-state index is 12.1. The zero-order valence-corrected chi connectivity index (χ0v) is 14.2. The average molecular weight is 310 g/mol. The summed E-state index contributed by atoms with van der Waals surface area (Å²) >= 11 is 0. The van der Waals surface area contributed by atoms with Crippen molar-refractivity contribution in [3.8, 4) is 0 Å². The molecule has 0 bridgehead atoms. The third-order valence-corrected chi connectivity index (χ3v) is 3.90. The Balaban J connectivity index is 1.74. The molecule has 0 aliphatic carbocycles. The van der Waals surface area contributed by atoms with Gasteiger partial charge in [0, 0.05) is 18.2 Å². The Kier molecular flexibility index (Phi) is 6.36. The molecule has 2 aromatic rings. The lowest BCUT2D eigenvalue weighted by Gasteiger charge is -2.15. The SMILES string of the molecule is Cc1ccc(NC(=O)CC(C)NCCc2ccccc2)c(C)c1. The Morgan fingerprint density at radius 3 is 2.52 bits per heavy atom. The van der Waals surface area contributed by atoms with Crippen LogP contribution in [0.25, 0.3) is 0 Å². The van der Waals surface area contributed by atoms with Crippen molar-refractivity contribution in [1.82, 2.24) is 5.32 Å². The van der Waals surface area contributed by atoms with Gasteiger partial charge in [0.2, 0.25) is 5.91 Å². The van der Waals surface area contributed by atoms with Crippen molar-refractivity contribution in [2.75, 3.05) is 11.9 Å². The Morgan fingerprint density at radius 2 is 1.83 bits per heavy atom. The molecule has 2 aromatic carbocycles. The van der Waals surface area contributed by atoms with E-state index in [9.17, 15) is 4.79 Å². The fraction of sp³-hybridized carbons (Fsp3) is 0.350. The number of carbonyl (C=O) groups excluding carboxylic acids is 1. The summed E-state index contributed by atoms with van der Waals surface area (Å²) in [6.07, 6.45) is 1.45. The highest BCUT2D eigenvalue weighted by Crippen LogP contribution is 2.16. The predicted molar refractivity (Wildman–Crippen MR) is 96.8 cm³/mol. The first kappa shape index (κ1) is 17.2. The second-order valence-electron chi connectivity index (χ2n) is 6.16. The topological polar surface area (TPSA) is 41.1 Å². The third-order valence-electron chi connectivity index (χ3n) is 3.90. The van der Waals surface area contributed by atoms with E-state index < -0.39 is 0 Å². The van der Waals surface area contributed by atoms with E-state index in [2.05, 4.69) is 47.9 Å². The highest BCUT2D eigenvalue weighted by atomic mass is 16.1. The number of benzene rings is 2. The molecule has 3 heteroatoms. The third kappa shape index (κ3) is 5.87. The number of hydrogen-bond acceptors (Lipinski definition) is 2. The van der Waals surface area contributed by atoms with Gasteiger partial charge in [-0.3, -0.25) is 4.79 Å². The van der Waals surface area contributed by atoms with E-state index in [1.165, 1.54) is 11.1 Å². The van der Waals surface area contributed by atoms with Gasteiger partial charge in [-0.25, -0.2) is 0 Å². The molecule has 2 rings (SSSR count). The van der Waals surface area contributed by atoms with Crippen LogP contribution < -0.4 is 10.6 Å². The fourth-order valence-corrected chi connectivity index (χ4v) is 2.61. The van der Waals surface area contributed by atoms with Crippen LogP contribution >= 0.6 is 0 Å². The molecule has 2 N–H and O–H groups in total. The van der Waals surface area contributed by atoms with E-state index >= 15 is 0 Å². The van der Waals surface area contributed by atoms with Crippen molar-refractivity contribution in [2.24, 2.45) is 0 Å². The Morgan fingerprint density at radius 1 is 1.09 bits per heavy atom. The van der Waals surface area contributed by atoms with Crippen molar-refractivity contribution in [3.63, 3.8) is 0 Å². The van der Waals surface area contributed by atoms with Gasteiger partial charge in [0.25, 0.3) is 0 Å². The molecule has 0 heterocycles. The summed E-state index contributed by atoms with van der Waals surface area (Å²) in [5.41, 5.74) is 4.52. The monoisotopic (exact) mass is 310 g/mol. The van der Waals surface area contributed by atoms with Gasteiger partial charge in [0.15, 0.2) is 0 Å². The summed E-state index contributed by atoms with van der Waals surface area (Å²) in [5.74, 6) is 0.0525. The molecule has 0 aliphatic heterocycles. The molecule has 122 valence electrons. The molecular weight excluding hydrogens is 284 g/mol. The van der Waals surface area contributed by atoms with Gasteiger partial charge in [0.1, 0.15) is 0 Å². The molecule has 1 atom stereocenters. The maximum absolute atomic E-state index is 12.1. The molecule has 0 saturated carbocycles. The van der Waals surface area contributed by atoms with Crippen LogP contribution in [0.3, 0.4) is 0 Å². The largest absolute Gasteiger partial charge is 0.326 e. The Bertz CT molecular complexity index is 637. The molecule has 1 unspecified atom stereocenters. The minimum absolute atomic E-state index is 0.0525. The average Bonchev–Trinajstić information content (AvgIpc) is 2.51. The minimum atomic E-state index is 0.0525. The van der Waals surface area contributed by atoms with E-state index in [1.54, 1.807) is 0 Å². The minimum Gasteiger partial charge on any atom is -0.326 e. The van der Waals surface area contributed by atoms with Gasteiger partial charge in [-0.1, -0.05) is 48.0 Å². The standard InChI is InChI=1S/C20H26N2O/c1-15-9-10-19(16(2)13-15)22-20(23)14-17(3)21-12-11-18-7-5-4-6-8-18/h4-10,13,17,21H,11-12,14H2,1-3H3,(H,22,23). The van der Waals surface area contributed by atoms with Crippen LogP contribution in [0.2, 0.25) is 0 Å². The summed E-state index contributed by atoms with van der Waals surface area (Å²) in [6, 6.07) is 16.6. The second kappa shape index (κ2) is 8.49. The van der Waals surface area contributed by atoms with Crippen molar-refractivity contribution in [1.29, 1.82) is 0 Å². The fourth-order valence-electron chi connectivity index (χ4n) is 2.61. The van der Waals surface area contributed by atoms with Gasteiger partial charge >= 0.3 is 0 Å². The van der Waals surface area contributed by atoms with Gasteiger partial charge < -0.3 is 10.6 Å². The van der Waals surface area contributed by atoms with Crippen LogP contribution in [0.1, 0.15) is 30.0 Å². The Labute approximate surface area is 139 Å². The lowest BCUT2D eigenvalue weighted by molar-refractivity contribution is -0.116. The van der Waals surface area contributed by atoms with E-state index in [4.69, 9.17) is 0 Å². The lowest BCUT2D eigenvalue weighted by atomic mass is 10.1. The molecule has 0 fully saturated rings. The smallest absolute Gasteiger partial charge is 0.225 e. The highest BCUT2D eigenvalue weighted by Gasteiger charge is 2.10. The van der Waals surface area contributed by atoms with Crippen molar-refractivity contribution < 1.29 is 4.79 Å². The normalized spacial score (nSPS) is 12.0. The molecule has 1 amide bonds. The molecule has 0 saturated heterocycles. The molecule has 0 radical (unpaired) electrons. The first-order valence-corrected chi connectivity index (χ1v) is 8.19. The van der Waals surface area contributed by atoms with Crippen LogP contribution in [0.15, 0.2) is 48.5 Å². The first-order chi connectivity index (χ1) is 11.0. The van der Waals surface area contributed by atoms with E-state index in [1.807, 2.05) is 32.0 Å². The predicted octanol–water partition coefficient (Wildman–Crippen LogP) is 3.85. The number of rotatable bonds is 7. The zero-order valence-electron chi connectivity index (χ0n) is 14.2. The summed E-state index contributed by atoms with van der Waals surface area (Å²) in [6.45, 7) is 7.00. The number of nitrogens with one attached hydrogen (secondary N) is 2. The summed E-state index contributed by atoms with van der Waals surface area (Å²) in [7, 11) is 0. The molecular formula is C20H26N2O. The first-order valence-electron chi connectivity index (χ1n) is 8.19. The van der Waals surface area contributed by atoms with Crippen LogP contribution in [0.5, 0.6) is 0 Å². The van der Waals surface area contributed by atoms with Crippen LogP contribution in [-0.4, -0.2) is 18.5 Å². The summed E-state index contributed by atoms with van der Waals surface area (Å²) in [4.78, 5) is 12.1. The molecule has 23 heavy (non-hydrogen) atoms. The van der Waals surface area contributed by atoms with Crippen LogP contribution in [0, 0.1) is 13.8 Å². The summed E-state index contributed by atoms with van der Waals surface area (Å²) in [5, 5.41) is 6.41. The van der Waals surface area contributed by atoms with Gasteiger partial charge in [-0.2, -0.15) is 0 Å². The number of hydrogen-bond donors (Lipinski definition) is 2. The molecule has 3 nitrogen and oxygen atoms in total. The van der Waals surface area contributed by atoms with Crippen molar-refractivity contribution in [2.45, 2.75) is 39.7 Å². The van der Waals surface area contributed by atoms with Gasteiger partial charge in [-0.15, -0.1) is 0 Å². The van der Waals surface area contributed by atoms with Gasteiger partial charge in [0.05, 0.1) is 0 Å². The van der Waals surface area contributed by atoms with Crippen molar-refractivity contribution in [3.05, 3.63) is 65.2 Å². The van der Waals surface area contributed by atoms with Crippen LogP contribution in [0.4, 0.5) is 5.69 Å². The lowest BCUT2D eigenvalue weighted by Crippen LogP contribution is -2.32. The second-order valence-corrected chi connectivity index (χ2v) is 6.16.